The van der Waals surface area contributed by atoms with Crippen LogP contribution in [0.5, 0.6) is 0 Å². The molecule has 1 aromatic heterocycles. The first-order chi connectivity index (χ1) is 9.65. The maximum absolute atomic E-state index is 11.7. The summed E-state index contributed by atoms with van der Waals surface area (Å²) in [5.41, 5.74) is 1.25. The Bertz CT molecular complexity index is 517. The van der Waals surface area contributed by atoms with Crippen molar-refractivity contribution in [3.8, 4) is 0 Å². The number of amides is 1. The van der Waals surface area contributed by atoms with Crippen LogP contribution in [0, 0.1) is 11.8 Å². The molecule has 1 aromatic rings. The molecular weight excluding hydrogens is 276 g/mol. The van der Waals surface area contributed by atoms with Crippen LogP contribution < -0.4 is 5.32 Å². The van der Waals surface area contributed by atoms with Crippen LogP contribution in [0.4, 0.5) is 0 Å². The number of rotatable bonds is 5. The van der Waals surface area contributed by atoms with E-state index in [-0.39, 0.29) is 11.8 Å². The second-order valence-electron chi connectivity index (χ2n) is 5.51. The number of nitrogens with one attached hydrogen (secondary N) is 1. The number of carboxylic acids is 1. The summed E-state index contributed by atoms with van der Waals surface area (Å²) >= 11 is 1.76. The van der Waals surface area contributed by atoms with Crippen molar-refractivity contribution in [2.24, 2.45) is 11.8 Å². The lowest BCUT2D eigenvalue weighted by atomic mass is 10.0. The minimum absolute atomic E-state index is 0.126. The maximum atomic E-state index is 11.7. The molecule has 1 amide bonds. The summed E-state index contributed by atoms with van der Waals surface area (Å²) in [7, 11) is 0. The summed E-state index contributed by atoms with van der Waals surface area (Å²) in [6.07, 6.45) is 5.93. The molecule has 6 heteroatoms. The molecule has 0 aromatic carbocycles. The first-order valence-corrected chi connectivity index (χ1v) is 7.95. The van der Waals surface area contributed by atoms with Crippen LogP contribution in [0.1, 0.15) is 34.8 Å². The van der Waals surface area contributed by atoms with Crippen molar-refractivity contribution in [3.05, 3.63) is 15.6 Å². The van der Waals surface area contributed by atoms with Crippen molar-refractivity contribution in [1.29, 1.82) is 0 Å². The minimum Gasteiger partial charge on any atom is -0.481 e. The van der Waals surface area contributed by atoms with Crippen molar-refractivity contribution in [2.45, 2.75) is 38.5 Å². The molecule has 1 heterocycles. The Labute approximate surface area is 121 Å². The summed E-state index contributed by atoms with van der Waals surface area (Å²) in [6, 6.07) is 0. The maximum Gasteiger partial charge on any atom is 0.307 e. The zero-order chi connectivity index (χ0) is 14.1. The van der Waals surface area contributed by atoms with Gasteiger partial charge in [-0.1, -0.05) is 0 Å². The number of carboxylic acid groups (broad SMARTS) is 1. The molecular formula is C14H18N2O3S. The van der Waals surface area contributed by atoms with E-state index in [2.05, 4.69) is 10.3 Å². The zero-order valence-electron chi connectivity index (χ0n) is 11.2. The molecule has 3 rings (SSSR count). The van der Waals surface area contributed by atoms with Crippen LogP contribution in [0.2, 0.25) is 0 Å². The number of hydrogen-bond acceptors (Lipinski definition) is 4. The van der Waals surface area contributed by atoms with Gasteiger partial charge in [-0.25, -0.2) is 4.98 Å². The Kier molecular flexibility index (Phi) is 3.74. The number of hydrogen-bond donors (Lipinski definition) is 2. The number of aryl methyl sites for hydroxylation is 2. The van der Waals surface area contributed by atoms with Gasteiger partial charge in [0, 0.05) is 17.8 Å². The Balaban J connectivity index is 1.45. The van der Waals surface area contributed by atoms with Crippen LogP contribution in [0.15, 0.2) is 0 Å². The average Bonchev–Trinajstić information content (AvgIpc) is 3.13. The lowest BCUT2D eigenvalue weighted by molar-refractivity contribution is -0.140. The Morgan fingerprint density at radius 1 is 1.30 bits per heavy atom. The lowest BCUT2D eigenvalue weighted by Gasteiger charge is -2.06. The number of aromatic nitrogens is 1. The highest BCUT2D eigenvalue weighted by Gasteiger charge is 2.48. The van der Waals surface area contributed by atoms with E-state index >= 15 is 0 Å². The minimum atomic E-state index is -0.863. The number of carbonyl (C=O) groups is 2. The summed E-state index contributed by atoms with van der Waals surface area (Å²) < 4.78 is 0. The van der Waals surface area contributed by atoms with E-state index in [0.29, 0.717) is 13.0 Å². The molecule has 2 aliphatic rings. The van der Waals surface area contributed by atoms with Gasteiger partial charge in [0.05, 0.1) is 22.5 Å². The van der Waals surface area contributed by atoms with E-state index in [9.17, 15) is 9.59 Å². The van der Waals surface area contributed by atoms with Gasteiger partial charge in [0.25, 0.3) is 0 Å². The van der Waals surface area contributed by atoms with Crippen molar-refractivity contribution in [2.75, 3.05) is 6.54 Å². The monoisotopic (exact) mass is 294 g/mol. The van der Waals surface area contributed by atoms with Gasteiger partial charge in [0.2, 0.25) is 5.91 Å². The Morgan fingerprint density at radius 3 is 2.80 bits per heavy atom. The van der Waals surface area contributed by atoms with Gasteiger partial charge in [-0.2, -0.15) is 0 Å². The molecule has 2 N–H and O–H groups in total. The first kappa shape index (κ1) is 13.5. The zero-order valence-corrected chi connectivity index (χ0v) is 12.0. The van der Waals surface area contributed by atoms with E-state index in [1.54, 1.807) is 11.3 Å². The number of nitrogens with zero attached hydrogens (tertiary/aromatic N) is 1. The average molecular weight is 294 g/mol. The van der Waals surface area contributed by atoms with E-state index in [1.807, 2.05) is 0 Å². The fourth-order valence-electron chi connectivity index (χ4n) is 2.69. The number of fused-ring (bicyclic) bond motifs is 1. The lowest BCUT2D eigenvalue weighted by Crippen LogP contribution is -2.28. The molecule has 0 saturated heterocycles. The molecule has 108 valence electrons. The predicted octanol–water partition coefficient (Wildman–Crippen LogP) is 1.40. The molecule has 0 radical (unpaired) electrons. The van der Waals surface area contributed by atoms with E-state index in [4.69, 9.17) is 5.11 Å². The van der Waals surface area contributed by atoms with Crippen LogP contribution in [-0.4, -0.2) is 28.5 Å². The standard InChI is InChI=1S/C14H18N2O3S/c17-13(8-7-9(8)14(18)19)15-6-5-12-16-10-3-1-2-4-11(10)20-12/h8-9H,1-7H2,(H,15,17)(H,18,19)/t8-,9+/m1/s1. The van der Waals surface area contributed by atoms with Gasteiger partial charge in [0.15, 0.2) is 0 Å². The van der Waals surface area contributed by atoms with Crippen LogP contribution in [-0.2, 0) is 28.9 Å². The summed E-state index contributed by atoms with van der Waals surface area (Å²) in [4.78, 5) is 28.4. The quantitative estimate of drug-likeness (QED) is 0.860. The van der Waals surface area contributed by atoms with Gasteiger partial charge in [-0.3, -0.25) is 9.59 Å². The molecule has 1 saturated carbocycles. The highest BCUT2D eigenvalue weighted by atomic mass is 32.1. The molecule has 20 heavy (non-hydrogen) atoms. The van der Waals surface area contributed by atoms with Gasteiger partial charge in [-0.15, -0.1) is 11.3 Å². The fraction of sp³-hybridized carbons (Fsp3) is 0.643. The Hall–Kier alpha value is -1.43. The predicted molar refractivity (Wildman–Crippen MR) is 74.7 cm³/mol. The summed E-state index contributed by atoms with van der Waals surface area (Å²) in [5, 5.41) is 12.7. The van der Waals surface area contributed by atoms with Crippen LogP contribution >= 0.6 is 11.3 Å². The van der Waals surface area contributed by atoms with Gasteiger partial charge in [-0.05, 0) is 32.1 Å². The largest absolute Gasteiger partial charge is 0.481 e. The molecule has 0 unspecified atom stereocenters. The van der Waals surface area contributed by atoms with Crippen molar-refractivity contribution in [3.63, 3.8) is 0 Å². The highest BCUT2D eigenvalue weighted by molar-refractivity contribution is 7.11. The Morgan fingerprint density at radius 2 is 2.10 bits per heavy atom. The van der Waals surface area contributed by atoms with Gasteiger partial charge in [0.1, 0.15) is 0 Å². The third kappa shape index (κ3) is 2.85. The second kappa shape index (κ2) is 5.52. The summed E-state index contributed by atoms with van der Waals surface area (Å²) in [5.74, 6) is -1.78. The van der Waals surface area contributed by atoms with Gasteiger partial charge < -0.3 is 10.4 Å². The molecule has 2 atom stereocenters. The van der Waals surface area contributed by atoms with Crippen molar-refractivity contribution < 1.29 is 14.7 Å². The number of aliphatic carboxylic acids is 1. The van der Waals surface area contributed by atoms with E-state index in [0.717, 1.165) is 24.3 Å². The molecule has 0 aliphatic heterocycles. The molecule has 1 fully saturated rings. The van der Waals surface area contributed by atoms with Crippen molar-refractivity contribution >= 4 is 23.2 Å². The smallest absolute Gasteiger partial charge is 0.307 e. The highest BCUT2D eigenvalue weighted by Crippen LogP contribution is 2.38. The van der Waals surface area contributed by atoms with Crippen LogP contribution in [0.3, 0.4) is 0 Å². The normalized spacial score (nSPS) is 24.0. The van der Waals surface area contributed by atoms with Gasteiger partial charge >= 0.3 is 5.97 Å². The molecule has 2 aliphatic carbocycles. The number of carbonyl (C=O) groups excluding carboxylic acids is 1. The van der Waals surface area contributed by atoms with E-state index < -0.39 is 11.9 Å². The number of thiazole rings is 1. The fourth-order valence-corrected chi connectivity index (χ4v) is 3.85. The third-order valence-corrected chi connectivity index (χ3v) is 5.19. The third-order valence-electron chi connectivity index (χ3n) is 3.97. The topological polar surface area (TPSA) is 79.3 Å². The molecule has 5 nitrogen and oxygen atoms in total. The summed E-state index contributed by atoms with van der Waals surface area (Å²) in [6.45, 7) is 0.550. The van der Waals surface area contributed by atoms with Crippen molar-refractivity contribution in [1.82, 2.24) is 10.3 Å². The second-order valence-corrected chi connectivity index (χ2v) is 6.68. The van der Waals surface area contributed by atoms with Crippen LogP contribution in [0.25, 0.3) is 0 Å². The first-order valence-electron chi connectivity index (χ1n) is 7.13. The SMILES string of the molecule is O=C(O)[C@H]1C[C@H]1C(=O)NCCc1nc2c(s1)CCCC2. The molecule has 0 bridgehead atoms. The molecule has 0 spiro atoms. The van der Waals surface area contributed by atoms with E-state index in [1.165, 1.54) is 23.4 Å².